The summed E-state index contributed by atoms with van der Waals surface area (Å²) in [6.07, 6.45) is 3.59. The van der Waals surface area contributed by atoms with Crippen LogP contribution in [-0.4, -0.2) is 9.55 Å². The van der Waals surface area contributed by atoms with Crippen molar-refractivity contribution in [2.24, 2.45) is 0 Å². The summed E-state index contributed by atoms with van der Waals surface area (Å²) in [5, 5.41) is 3.32. The van der Waals surface area contributed by atoms with Gasteiger partial charge in [0.25, 0.3) is 0 Å². The van der Waals surface area contributed by atoms with E-state index in [4.69, 9.17) is 0 Å². The predicted octanol–water partition coefficient (Wildman–Crippen LogP) is 2.67. The van der Waals surface area contributed by atoms with Crippen molar-refractivity contribution in [2.45, 2.75) is 19.4 Å². The lowest BCUT2D eigenvalue weighted by Crippen LogP contribution is -2.34. The van der Waals surface area contributed by atoms with Gasteiger partial charge in [0.15, 0.2) is 0 Å². The zero-order valence-corrected chi connectivity index (χ0v) is 9.16. The van der Waals surface area contributed by atoms with Gasteiger partial charge in [0.2, 0.25) is 0 Å². The summed E-state index contributed by atoms with van der Waals surface area (Å²) in [6, 6.07) is 4.74. The second-order valence-electron chi connectivity index (χ2n) is 4.56. The third-order valence-electron chi connectivity index (χ3n) is 2.94. The van der Waals surface area contributed by atoms with E-state index in [2.05, 4.69) is 10.3 Å². The van der Waals surface area contributed by atoms with Crippen molar-refractivity contribution >= 4 is 5.69 Å². The van der Waals surface area contributed by atoms with Gasteiger partial charge in [-0.15, -0.1) is 0 Å². The van der Waals surface area contributed by atoms with Crippen molar-refractivity contribution in [2.75, 3.05) is 5.32 Å². The molecule has 16 heavy (non-hydrogen) atoms. The molecule has 0 atom stereocenters. The summed E-state index contributed by atoms with van der Waals surface area (Å²) >= 11 is 0. The van der Waals surface area contributed by atoms with Crippen LogP contribution in [0.25, 0.3) is 5.69 Å². The monoisotopic (exact) mass is 217 g/mol. The highest BCUT2D eigenvalue weighted by Crippen LogP contribution is 2.36. The summed E-state index contributed by atoms with van der Waals surface area (Å²) in [7, 11) is 0. The average molecular weight is 217 g/mol. The van der Waals surface area contributed by atoms with Crippen molar-refractivity contribution in [3.63, 3.8) is 0 Å². The Balaban J connectivity index is 2.30. The predicted molar refractivity (Wildman–Crippen MR) is 60.2 cm³/mol. The van der Waals surface area contributed by atoms with Gasteiger partial charge in [-0.3, -0.25) is 4.57 Å². The molecule has 0 unspecified atom stereocenters. The summed E-state index contributed by atoms with van der Waals surface area (Å²) in [6.45, 7) is 4.10. The highest BCUT2D eigenvalue weighted by Gasteiger charge is 2.30. The number of imidazole rings is 1. The van der Waals surface area contributed by atoms with Gasteiger partial charge in [-0.25, -0.2) is 9.37 Å². The van der Waals surface area contributed by atoms with Gasteiger partial charge in [0.1, 0.15) is 5.82 Å². The Hall–Kier alpha value is -1.84. The Morgan fingerprint density at radius 3 is 3.00 bits per heavy atom. The third-order valence-corrected chi connectivity index (χ3v) is 2.94. The lowest BCUT2D eigenvalue weighted by atomic mass is 9.97. The van der Waals surface area contributed by atoms with E-state index in [1.54, 1.807) is 12.4 Å². The van der Waals surface area contributed by atoms with Crippen LogP contribution in [0.5, 0.6) is 0 Å². The smallest absolute Gasteiger partial charge is 0.125 e. The largest absolute Gasteiger partial charge is 0.373 e. The number of anilines is 1. The number of halogens is 1. The minimum Gasteiger partial charge on any atom is -0.373 e. The minimum absolute atomic E-state index is 0.231. The van der Waals surface area contributed by atoms with E-state index >= 15 is 0 Å². The van der Waals surface area contributed by atoms with E-state index in [1.807, 2.05) is 24.6 Å². The molecule has 1 aliphatic rings. The molecule has 1 aliphatic heterocycles. The Bertz CT molecular complexity index is 557. The third kappa shape index (κ3) is 1.16. The molecule has 0 radical (unpaired) electrons. The molecule has 0 saturated carbocycles. The zero-order valence-electron chi connectivity index (χ0n) is 9.16. The Labute approximate surface area is 92.9 Å². The number of fused-ring (bicyclic) bond motifs is 3. The van der Waals surface area contributed by atoms with E-state index in [1.165, 1.54) is 12.1 Å². The van der Waals surface area contributed by atoms with Crippen molar-refractivity contribution in [1.82, 2.24) is 9.55 Å². The molecular formula is C12H12FN3. The first kappa shape index (κ1) is 9.39. The molecule has 4 heteroatoms. The number of benzene rings is 1. The molecule has 1 N–H and O–H groups in total. The second kappa shape index (κ2) is 2.84. The fourth-order valence-electron chi connectivity index (χ4n) is 2.17. The average Bonchev–Trinajstić information content (AvgIpc) is 2.65. The summed E-state index contributed by atoms with van der Waals surface area (Å²) in [4.78, 5) is 4.15. The second-order valence-corrected chi connectivity index (χ2v) is 4.56. The van der Waals surface area contributed by atoms with Crippen LogP contribution in [0.2, 0.25) is 0 Å². The molecule has 0 aliphatic carbocycles. The molecular weight excluding hydrogens is 205 g/mol. The lowest BCUT2D eigenvalue weighted by molar-refractivity contribution is 0.556. The van der Waals surface area contributed by atoms with Crippen molar-refractivity contribution in [3.8, 4) is 5.69 Å². The van der Waals surface area contributed by atoms with Gasteiger partial charge in [-0.2, -0.15) is 0 Å². The zero-order chi connectivity index (χ0) is 11.3. The Morgan fingerprint density at radius 1 is 1.38 bits per heavy atom. The molecule has 1 aromatic heterocycles. The molecule has 0 saturated heterocycles. The summed E-state index contributed by atoms with van der Waals surface area (Å²) in [5.74, 6) is -0.231. The molecule has 0 spiro atoms. The van der Waals surface area contributed by atoms with E-state index in [9.17, 15) is 4.39 Å². The van der Waals surface area contributed by atoms with Gasteiger partial charge >= 0.3 is 0 Å². The standard InChI is InChI=1S/C12H12FN3/c1-12(2)11-6-14-7-16(11)10-4-3-8(13)5-9(10)15-12/h3-7,15H,1-2H3. The minimum atomic E-state index is -0.239. The molecule has 0 bridgehead atoms. The normalized spacial score (nSPS) is 16.2. The Kier molecular flexibility index (Phi) is 1.67. The fraction of sp³-hybridized carbons (Fsp3) is 0.250. The van der Waals surface area contributed by atoms with Crippen LogP contribution < -0.4 is 5.32 Å². The number of hydrogen-bond acceptors (Lipinski definition) is 2. The first-order valence-electron chi connectivity index (χ1n) is 5.19. The number of aromatic nitrogens is 2. The number of rotatable bonds is 0. The van der Waals surface area contributed by atoms with Gasteiger partial charge in [0, 0.05) is 0 Å². The van der Waals surface area contributed by atoms with Gasteiger partial charge in [-0.1, -0.05) is 0 Å². The SMILES string of the molecule is CC1(C)Nc2cc(F)ccc2-n2cncc21. The first-order chi connectivity index (χ1) is 7.58. The van der Waals surface area contributed by atoms with Crippen molar-refractivity contribution in [1.29, 1.82) is 0 Å². The molecule has 2 aromatic rings. The van der Waals surface area contributed by atoms with E-state index < -0.39 is 0 Å². The maximum atomic E-state index is 13.2. The van der Waals surface area contributed by atoms with Crippen LogP contribution in [0.4, 0.5) is 10.1 Å². The van der Waals surface area contributed by atoms with Crippen LogP contribution in [0, 0.1) is 5.82 Å². The topological polar surface area (TPSA) is 29.9 Å². The van der Waals surface area contributed by atoms with Crippen molar-refractivity contribution in [3.05, 3.63) is 42.2 Å². The number of nitrogens with zero attached hydrogens (tertiary/aromatic N) is 2. The molecule has 3 rings (SSSR count). The van der Waals surface area contributed by atoms with Gasteiger partial charge in [-0.05, 0) is 32.0 Å². The van der Waals surface area contributed by atoms with Crippen LogP contribution >= 0.6 is 0 Å². The number of hydrogen-bond donors (Lipinski definition) is 1. The first-order valence-corrected chi connectivity index (χ1v) is 5.19. The van der Waals surface area contributed by atoms with Crippen LogP contribution in [0.1, 0.15) is 19.5 Å². The van der Waals surface area contributed by atoms with E-state index in [0.29, 0.717) is 0 Å². The highest BCUT2D eigenvalue weighted by molar-refractivity contribution is 5.66. The molecule has 0 fully saturated rings. The quantitative estimate of drug-likeness (QED) is 0.735. The molecule has 3 nitrogen and oxygen atoms in total. The van der Waals surface area contributed by atoms with E-state index in [0.717, 1.165) is 17.1 Å². The van der Waals surface area contributed by atoms with Crippen LogP contribution in [0.3, 0.4) is 0 Å². The molecule has 82 valence electrons. The van der Waals surface area contributed by atoms with Gasteiger partial charge in [0.05, 0.1) is 35.1 Å². The molecule has 1 aromatic carbocycles. The van der Waals surface area contributed by atoms with Gasteiger partial charge < -0.3 is 5.32 Å². The molecule has 0 amide bonds. The van der Waals surface area contributed by atoms with Crippen LogP contribution in [0.15, 0.2) is 30.7 Å². The maximum Gasteiger partial charge on any atom is 0.125 e. The summed E-state index contributed by atoms with van der Waals surface area (Å²) < 4.78 is 15.2. The van der Waals surface area contributed by atoms with Crippen LogP contribution in [-0.2, 0) is 5.54 Å². The van der Waals surface area contributed by atoms with Crippen molar-refractivity contribution < 1.29 is 4.39 Å². The fourth-order valence-corrected chi connectivity index (χ4v) is 2.17. The highest BCUT2D eigenvalue weighted by atomic mass is 19.1. The lowest BCUT2D eigenvalue weighted by Gasteiger charge is -2.34. The maximum absolute atomic E-state index is 13.2. The Morgan fingerprint density at radius 2 is 2.19 bits per heavy atom. The van der Waals surface area contributed by atoms with E-state index in [-0.39, 0.29) is 11.4 Å². The summed E-state index contributed by atoms with van der Waals surface area (Å²) in [5.41, 5.74) is 2.58. The number of nitrogens with one attached hydrogen (secondary N) is 1. The molecule has 2 heterocycles.